The largest absolute Gasteiger partial charge is 0.306 e. The van der Waals surface area contributed by atoms with E-state index < -0.39 is 0 Å². The van der Waals surface area contributed by atoms with Gasteiger partial charge in [0.15, 0.2) is 0 Å². The molecule has 2 heterocycles. The Morgan fingerprint density at radius 1 is 1.17 bits per heavy atom. The molecule has 3 rings (SSSR count). The van der Waals surface area contributed by atoms with Crippen molar-refractivity contribution in [3.05, 3.63) is 30.3 Å². The summed E-state index contributed by atoms with van der Waals surface area (Å²) >= 11 is 1.83. The van der Waals surface area contributed by atoms with Gasteiger partial charge in [0.25, 0.3) is 0 Å². The Labute approximate surface area is 112 Å². The Hall–Kier alpha value is -1.00. The molecule has 0 bridgehead atoms. The van der Waals surface area contributed by atoms with E-state index in [1.165, 1.54) is 0 Å². The molecule has 0 aromatic heterocycles. The minimum Gasteiger partial charge on any atom is -0.306 e. The number of anilines is 1. The summed E-state index contributed by atoms with van der Waals surface area (Å²) in [6.07, 6.45) is 2.13. The van der Waals surface area contributed by atoms with Crippen LogP contribution >= 0.6 is 11.8 Å². The predicted molar refractivity (Wildman–Crippen MR) is 75.8 cm³/mol. The van der Waals surface area contributed by atoms with E-state index in [-0.39, 0.29) is 10.8 Å². The lowest BCUT2D eigenvalue weighted by Crippen LogP contribution is -2.51. The first-order valence-electron chi connectivity index (χ1n) is 6.42. The van der Waals surface area contributed by atoms with E-state index in [0.29, 0.717) is 5.75 Å². The van der Waals surface area contributed by atoms with Gasteiger partial charge < -0.3 is 4.90 Å². The molecule has 1 spiro atoms. The molecule has 0 N–H and O–H groups in total. The summed E-state index contributed by atoms with van der Waals surface area (Å²) in [4.78, 5) is 16.6. The van der Waals surface area contributed by atoms with E-state index in [1.807, 2.05) is 47.0 Å². The second-order valence-electron chi connectivity index (χ2n) is 5.10. The van der Waals surface area contributed by atoms with Crippen LogP contribution in [0.2, 0.25) is 0 Å². The van der Waals surface area contributed by atoms with Crippen molar-refractivity contribution in [1.82, 2.24) is 4.90 Å². The van der Waals surface area contributed by atoms with Crippen LogP contribution in [0, 0.1) is 0 Å². The molecule has 0 aliphatic carbocycles. The number of benzene rings is 1. The smallest absolute Gasteiger partial charge is 0.238 e. The van der Waals surface area contributed by atoms with E-state index in [1.54, 1.807) is 0 Å². The third-order valence-corrected chi connectivity index (χ3v) is 5.42. The third-order valence-electron chi connectivity index (χ3n) is 3.90. The molecule has 2 aliphatic heterocycles. The standard InChI is InChI=1S/C14H18N2OS/c1-15-9-7-14(8-10-15)16(13(17)11-18-14)12-5-3-2-4-6-12/h2-6H,7-11H2,1H3. The number of para-hydroxylation sites is 1. The van der Waals surface area contributed by atoms with E-state index in [9.17, 15) is 4.79 Å². The lowest BCUT2D eigenvalue weighted by molar-refractivity contribution is -0.116. The highest BCUT2D eigenvalue weighted by Crippen LogP contribution is 2.46. The number of piperidine rings is 1. The average molecular weight is 262 g/mol. The van der Waals surface area contributed by atoms with Crippen molar-refractivity contribution in [2.75, 3.05) is 30.8 Å². The SMILES string of the molecule is CN1CCC2(CC1)SCC(=O)N2c1ccccc1. The van der Waals surface area contributed by atoms with Gasteiger partial charge in [-0.2, -0.15) is 0 Å². The number of likely N-dealkylation sites (tertiary alicyclic amines) is 1. The normalized spacial score (nSPS) is 23.8. The van der Waals surface area contributed by atoms with Gasteiger partial charge >= 0.3 is 0 Å². The zero-order valence-corrected chi connectivity index (χ0v) is 11.4. The van der Waals surface area contributed by atoms with Crippen LogP contribution in [0.1, 0.15) is 12.8 Å². The number of thioether (sulfide) groups is 1. The number of hydrogen-bond acceptors (Lipinski definition) is 3. The molecular weight excluding hydrogens is 244 g/mol. The second kappa shape index (κ2) is 4.59. The molecule has 1 aromatic carbocycles. The molecule has 96 valence electrons. The van der Waals surface area contributed by atoms with Crippen molar-refractivity contribution in [3.63, 3.8) is 0 Å². The second-order valence-corrected chi connectivity index (χ2v) is 6.44. The molecule has 2 aliphatic rings. The van der Waals surface area contributed by atoms with E-state index in [2.05, 4.69) is 11.9 Å². The summed E-state index contributed by atoms with van der Waals surface area (Å²) in [6, 6.07) is 10.1. The number of amides is 1. The van der Waals surface area contributed by atoms with Gasteiger partial charge in [-0.05, 0) is 32.0 Å². The van der Waals surface area contributed by atoms with E-state index >= 15 is 0 Å². The Bertz CT molecular complexity index is 440. The maximum Gasteiger partial charge on any atom is 0.238 e. The van der Waals surface area contributed by atoms with Crippen LogP contribution < -0.4 is 4.90 Å². The highest BCUT2D eigenvalue weighted by Gasteiger charge is 2.48. The number of carbonyl (C=O) groups is 1. The minimum atomic E-state index is 0.00491. The van der Waals surface area contributed by atoms with Gasteiger partial charge in [0.2, 0.25) is 5.91 Å². The molecule has 3 nitrogen and oxygen atoms in total. The van der Waals surface area contributed by atoms with Crippen LogP contribution in [0.5, 0.6) is 0 Å². The predicted octanol–water partition coefficient (Wildman–Crippen LogP) is 2.19. The van der Waals surface area contributed by atoms with Gasteiger partial charge in [0.1, 0.15) is 0 Å². The van der Waals surface area contributed by atoms with Crippen molar-refractivity contribution >= 4 is 23.4 Å². The number of carbonyl (C=O) groups excluding carboxylic acids is 1. The molecule has 1 amide bonds. The first-order chi connectivity index (χ1) is 8.71. The highest BCUT2D eigenvalue weighted by molar-refractivity contribution is 8.02. The summed E-state index contributed by atoms with van der Waals surface area (Å²) in [5.41, 5.74) is 1.05. The minimum absolute atomic E-state index is 0.00491. The fourth-order valence-electron chi connectivity index (χ4n) is 2.84. The summed E-state index contributed by atoms with van der Waals surface area (Å²) < 4.78 is 0. The number of rotatable bonds is 1. The molecule has 0 saturated carbocycles. The molecule has 18 heavy (non-hydrogen) atoms. The Morgan fingerprint density at radius 2 is 1.83 bits per heavy atom. The fraction of sp³-hybridized carbons (Fsp3) is 0.500. The van der Waals surface area contributed by atoms with Crippen LogP contribution in [0.4, 0.5) is 5.69 Å². The summed E-state index contributed by atoms with van der Waals surface area (Å²) in [7, 11) is 2.15. The maximum absolute atomic E-state index is 12.2. The summed E-state index contributed by atoms with van der Waals surface area (Å²) in [5.74, 6) is 0.884. The van der Waals surface area contributed by atoms with Crippen LogP contribution in [0.3, 0.4) is 0 Å². The molecule has 2 fully saturated rings. The lowest BCUT2D eigenvalue weighted by Gasteiger charge is -2.43. The maximum atomic E-state index is 12.2. The van der Waals surface area contributed by atoms with Crippen molar-refractivity contribution < 1.29 is 4.79 Å². The molecule has 0 radical (unpaired) electrons. The van der Waals surface area contributed by atoms with Gasteiger partial charge in [-0.3, -0.25) is 9.69 Å². The monoisotopic (exact) mass is 262 g/mol. The molecule has 2 saturated heterocycles. The summed E-state index contributed by atoms with van der Waals surface area (Å²) in [5, 5.41) is 0. The fourth-order valence-corrected chi connectivity index (χ4v) is 4.17. The first-order valence-corrected chi connectivity index (χ1v) is 7.40. The van der Waals surface area contributed by atoms with Crippen LogP contribution in [-0.2, 0) is 4.79 Å². The molecule has 1 aromatic rings. The lowest BCUT2D eigenvalue weighted by atomic mass is 10.0. The van der Waals surface area contributed by atoms with Crippen molar-refractivity contribution in [2.45, 2.75) is 17.7 Å². The van der Waals surface area contributed by atoms with Crippen LogP contribution in [0.25, 0.3) is 0 Å². The quantitative estimate of drug-likeness (QED) is 0.775. The Morgan fingerprint density at radius 3 is 2.50 bits per heavy atom. The van der Waals surface area contributed by atoms with E-state index in [4.69, 9.17) is 0 Å². The van der Waals surface area contributed by atoms with Gasteiger partial charge in [-0.15, -0.1) is 11.8 Å². The van der Waals surface area contributed by atoms with Gasteiger partial charge in [0, 0.05) is 18.8 Å². The van der Waals surface area contributed by atoms with Gasteiger partial charge in [-0.1, -0.05) is 18.2 Å². The van der Waals surface area contributed by atoms with Gasteiger partial charge in [-0.25, -0.2) is 0 Å². The number of nitrogens with zero attached hydrogens (tertiary/aromatic N) is 2. The molecule has 0 atom stereocenters. The molecular formula is C14H18N2OS. The topological polar surface area (TPSA) is 23.6 Å². The first kappa shape index (κ1) is 12.1. The Balaban J connectivity index is 1.93. The van der Waals surface area contributed by atoms with Crippen LogP contribution in [-0.4, -0.2) is 41.6 Å². The molecule has 0 unspecified atom stereocenters. The van der Waals surface area contributed by atoms with Crippen molar-refractivity contribution in [2.24, 2.45) is 0 Å². The zero-order chi connectivity index (χ0) is 12.6. The summed E-state index contributed by atoms with van der Waals surface area (Å²) in [6.45, 7) is 2.15. The third kappa shape index (κ3) is 1.93. The molecule has 4 heteroatoms. The average Bonchev–Trinajstić information content (AvgIpc) is 2.72. The van der Waals surface area contributed by atoms with E-state index in [0.717, 1.165) is 31.6 Å². The van der Waals surface area contributed by atoms with Crippen molar-refractivity contribution in [1.29, 1.82) is 0 Å². The zero-order valence-electron chi connectivity index (χ0n) is 10.6. The van der Waals surface area contributed by atoms with Crippen molar-refractivity contribution in [3.8, 4) is 0 Å². The highest BCUT2D eigenvalue weighted by atomic mass is 32.2. The van der Waals surface area contributed by atoms with Crippen LogP contribution in [0.15, 0.2) is 30.3 Å². The Kier molecular flexibility index (Phi) is 3.08. The number of hydrogen-bond donors (Lipinski definition) is 0. The van der Waals surface area contributed by atoms with Gasteiger partial charge in [0.05, 0.1) is 10.6 Å².